The van der Waals surface area contributed by atoms with Gasteiger partial charge in [0.2, 0.25) is 0 Å². The van der Waals surface area contributed by atoms with Gasteiger partial charge in [-0.1, -0.05) is 42.8 Å². The molecule has 0 aliphatic heterocycles. The smallest absolute Gasteiger partial charge is 0.170 e. The average Bonchev–Trinajstić information content (AvgIpc) is 2.73. The number of para-hydroxylation sites is 2. The fourth-order valence-electron chi connectivity index (χ4n) is 3.64. The fourth-order valence-corrected chi connectivity index (χ4v) is 4.04. The van der Waals surface area contributed by atoms with Crippen LogP contribution in [-0.4, -0.2) is 23.3 Å². The van der Waals surface area contributed by atoms with E-state index in [-0.39, 0.29) is 0 Å². The van der Waals surface area contributed by atoms with Crippen molar-refractivity contribution in [1.82, 2.24) is 10.6 Å². The first-order valence-electron chi connectivity index (χ1n) is 9.89. The van der Waals surface area contributed by atoms with Crippen molar-refractivity contribution in [3.8, 4) is 0 Å². The highest BCUT2D eigenvalue weighted by molar-refractivity contribution is 7.80. The summed E-state index contributed by atoms with van der Waals surface area (Å²) in [5, 5.41) is 14.6. The molecule has 0 bridgehead atoms. The maximum atomic E-state index is 5.42. The van der Waals surface area contributed by atoms with Crippen molar-refractivity contribution in [3.05, 3.63) is 60.7 Å². The van der Waals surface area contributed by atoms with E-state index in [9.17, 15) is 0 Å². The molecule has 0 aromatic heterocycles. The summed E-state index contributed by atoms with van der Waals surface area (Å²) < 4.78 is 0. The van der Waals surface area contributed by atoms with Crippen LogP contribution in [-0.2, 0) is 0 Å². The molecule has 0 heterocycles. The topological polar surface area (TPSA) is 48.1 Å². The SMILES string of the molecule is S=C(NC[C@@H]1CCC[C@@H](CNC(=S)Nc2ccccc2)C1)Nc1ccccc1. The summed E-state index contributed by atoms with van der Waals surface area (Å²) in [5.74, 6) is 1.29. The zero-order valence-electron chi connectivity index (χ0n) is 16.0. The zero-order chi connectivity index (χ0) is 19.6. The molecule has 2 aromatic carbocycles. The third-order valence-electron chi connectivity index (χ3n) is 5.06. The van der Waals surface area contributed by atoms with Gasteiger partial charge in [0, 0.05) is 24.5 Å². The minimum absolute atomic E-state index is 0.645. The highest BCUT2D eigenvalue weighted by atomic mass is 32.1. The summed E-state index contributed by atoms with van der Waals surface area (Å²) in [6.45, 7) is 1.84. The van der Waals surface area contributed by atoms with Gasteiger partial charge in [-0.3, -0.25) is 0 Å². The van der Waals surface area contributed by atoms with Crippen molar-refractivity contribution in [2.75, 3.05) is 23.7 Å². The average molecular weight is 413 g/mol. The Hall–Kier alpha value is -2.18. The van der Waals surface area contributed by atoms with Crippen molar-refractivity contribution >= 4 is 46.0 Å². The molecule has 0 spiro atoms. The lowest BCUT2D eigenvalue weighted by Crippen LogP contribution is -2.38. The maximum Gasteiger partial charge on any atom is 0.170 e. The number of anilines is 2. The molecule has 0 amide bonds. The molecule has 6 heteroatoms. The van der Waals surface area contributed by atoms with Gasteiger partial charge in [-0.05, 0) is 79.8 Å². The molecule has 1 aliphatic rings. The second-order valence-corrected chi connectivity index (χ2v) is 8.12. The van der Waals surface area contributed by atoms with Crippen molar-refractivity contribution in [2.24, 2.45) is 11.8 Å². The van der Waals surface area contributed by atoms with Gasteiger partial charge in [-0.2, -0.15) is 0 Å². The molecule has 1 fully saturated rings. The van der Waals surface area contributed by atoms with Gasteiger partial charge in [0.1, 0.15) is 0 Å². The summed E-state index contributed by atoms with van der Waals surface area (Å²) in [6.07, 6.45) is 4.96. The van der Waals surface area contributed by atoms with Crippen molar-refractivity contribution in [3.63, 3.8) is 0 Å². The second-order valence-electron chi connectivity index (χ2n) is 7.30. The summed E-state index contributed by atoms with van der Waals surface area (Å²) in [7, 11) is 0. The quantitative estimate of drug-likeness (QED) is 0.513. The Bertz CT molecular complexity index is 688. The molecule has 4 N–H and O–H groups in total. The summed E-state index contributed by atoms with van der Waals surface area (Å²) >= 11 is 10.8. The first-order valence-corrected chi connectivity index (χ1v) is 10.7. The lowest BCUT2D eigenvalue weighted by molar-refractivity contribution is 0.267. The van der Waals surface area contributed by atoms with E-state index < -0.39 is 0 Å². The molecule has 0 saturated heterocycles. The first kappa shape index (κ1) is 20.6. The number of rotatable bonds is 6. The van der Waals surface area contributed by atoms with Crippen LogP contribution in [0.5, 0.6) is 0 Å². The van der Waals surface area contributed by atoms with Gasteiger partial charge in [0.15, 0.2) is 10.2 Å². The lowest BCUT2D eigenvalue weighted by atomic mass is 9.81. The van der Waals surface area contributed by atoms with Crippen LogP contribution in [0.2, 0.25) is 0 Å². The van der Waals surface area contributed by atoms with E-state index in [0.29, 0.717) is 22.1 Å². The largest absolute Gasteiger partial charge is 0.362 e. The summed E-state index contributed by atoms with van der Waals surface area (Å²) in [4.78, 5) is 0. The minimum atomic E-state index is 0.645. The van der Waals surface area contributed by atoms with E-state index in [1.165, 1.54) is 25.7 Å². The Morgan fingerprint density at radius 1 is 0.714 bits per heavy atom. The zero-order valence-corrected chi connectivity index (χ0v) is 17.6. The number of hydrogen-bond donors (Lipinski definition) is 4. The molecule has 3 rings (SSSR count). The van der Waals surface area contributed by atoms with Gasteiger partial charge in [-0.25, -0.2) is 0 Å². The Balaban J connectivity index is 1.35. The highest BCUT2D eigenvalue weighted by Gasteiger charge is 2.22. The van der Waals surface area contributed by atoms with Gasteiger partial charge in [0.05, 0.1) is 0 Å². The van der Waals surface area contributed by atoms with Gasteiger partial charge in [0.25, 0.3) is 0 Å². The standard InChI is InChI=1S/C22H28N4S2/c27-21(25-19-10-3-1-4-11-19)23-15-17-8-7-9-18(14-17)16-24-22(28)26-20-12-5-2-6-13-20/h1-6,10-13,17-18H,7-9,14-16H2,(H2,23,25,27)(H2,24,26,28)/t17-,18-/m1/s1. The van der Waals surface area contributed by atoms with E-state index >= 15 is 0 Å². The third-order valence-corrected chi connectivity index (χ3v) is 5.55. The fraction of sp³-hybridized carbons (Fsp3) is 0.364. The van der Waals surface area contributed by atoms with Crippen molar-refractivity contribution in [1.29, 1.82) is 0 Å². The first-order chi connectivity index (χ1) is 13.7. The second kappa shape index (κ2) is 11.0. The van der Waals surface area contributed by atoms with Crippen LogP contribution in [0.25, 0.3) is 0 Å². The van der Waals surface area contributed by atoms with Crippen LogP contribution in [0.1, 0.15) is 25.7 Å². The number of thiocarbonyl (C=S) groups is 2. The van der Waals surface area contributed by atoms with Gasteiger partial charge >= 0.3 is 0 Å². The molecule has 28 heavy (non-hydrogen) atoms. The van der Waals surface area contributed by atoms with Crippen LogP contribution >= 0.6 is 24.4 Å². The predicted octanol–water partition coefficient (Wildman–Crippen LogP) is 4.77. The van der Waals surface area contributed by atoms with Crippen LogP contribution < -0.4 is 21.3 Å². The molecule has 2 atom stereocenters. The third kappa shape index (κ3) is 7.09. The van der Waals surface area contributed by atoms with Crippen LogP contribution in [0.3, 0.4) is 0 Å². The minimum Gasteiger partial charge on any atom is -0.362 e. The van der Waals surface area contributed by atoms with E-state index in [1.54, 1.807) is 0 Å². The molecule has 2 aromatic rings. The van der Waals surface area contributed by atoms with Crippen LogP contribution in [0.4, 0.5) is 11.4 Å². The normalized spacial score (nSPS) is 18.7. The van der Waals surface area contributed by atoms with Gasteiger partial charge < -0.3 is 21.3 Å². The highest BCUT2D eigenvalue weighted by Crippen LogP contribution is 2.28. The van der Waals surface area contributed by atoms with E-state index in [0.717, 1.165) is 24.5 Å². The van der Waals surface area contributed by atoms with Crippen LogP contribution in [0.15, 0.2) is 60.7 Å². The molecule has 0 unspecified atom stereocenters. The molecule has 148 valence electrons. The Labute approximate surface area is 178 Å². The van der Waals surface area contributed by atoms with E-state index in [2.05, 4.69) is 21.3 Å². The molecular weight excluding hydrogens is 384 g/mol. The molecule has 4 nitrogen and oxygen atoms in total. The summed E-state index contributed by atoms with van der Waals surface area (Å²) in [6, 6.07) is 20.1. The van der Waals surface area contributed by atoms with Gasteiger partial charge in [-0.15, -0.1) is 0 Å². The monoisotopic (exact) mass is 412 g/mol. The molecular formula is C22H28N4S2. The maximum absolute atomic E-state index is 5.42. The lowest BCUT2D eigenvalue weighted by Gasteiger charge is -2.30. The Kier molecular flexibility index (Phi) is 8.06. The van der Waals surface area contributed by atoms with E-state index in [1.807, 2.05) is 60.7 Å². The number of nitrogens with one attached hydrogen (secondary N) is 4. The van der Waals surface area contributed by atoms with Crippen molar-refractivity contribution in [2.45, 2.75) is 25.7 Å². The molecule has 1 saturated carbocycles. The molecule has 1 aliphatic carbocycles. The summed E-state index contributed by atoms with van der Waals surface area (Å²) in [5.41, 5.74) is 2.04. The van der Waals surface area contributed by atoms with Crippen molar-refractivity contribution < 1.29 is 0 Å². The number of benzene rings is 2. The van der Waals surface area contributed by atoms with Crippen LogP contribution in [0, 0.1) is 11.8 Å². The molecule has 0 radical (unpaired) electrons. The Morgan fingerprint density at radius 2 is 1.14 bits per heavy atom. The van der Waals surface area contributed by atoms with E-state index in [4.69, 9.17) is 24.4 Å². The Morgan fingerprint density at radius 3 is 1.57 bits per heavy atom. The number of hydrogen-bond acceptors (Lipinski definition) is 2. The predicted molar refractivity (Wildman–Crippen MR) is 127 cm³/mol.